The van der Waals surface area contributed by atoms with E-state index in [1.54, 1.807) is 30.2 Å². The van der Waals surface area contributed by atoms with Gasteiger partial charge in [0.25, 0.3) is 0 Å². The standard InChI is InChI=1S/C25H24FNO2S/c1-29-25(28)24-13-14-27-16-19(24)6-5-17-3-2-4-18-15-22(11-12-23(17)18)30-21-9-7-20(26)8-10-21/h7-17H,2-6H2,1H3/t17-/m0/s1. The molecule has 0 N–H and O–H groups in total. The molecule has 0 aliphatic heterocycles. The fourth-order valence-electron chi connectivity index (χ4n) is 4.16. The first-order valence-electron chi connectivity index (χ1n) is 10.2. The third-order valence-electron chi connectivity index (χ3n) is 5.67. The lowest BCUT2D eigenvalue weighted by atomic mass is 9.80. The number of hydrogen-bond donors (Lipinski definition) is 0. The highest BCUT2D eigenvalue weighted by Gasteiger charge is 2.21. The third kappa shape index (κ3) is 4.73. The summed E-state index contributed by atoms with van der Waals surface area (Å²) in [6.07, 6.45) is 8.60. The van der Waals surface area contributed by atoms with Crippen molar-refractivity contribution in [2.24, 2.45) is 0 Å². The molecule has 0 radical (unpaired) electrons. The first-order valence-corrected chi connectivity index (χ1v) is 11.0. The van der Waals surface area contributed by atoms with Crippen LogP contribution in [0.5, 0.6) is 0 Å². The summed E-state index contributed by atoms with van der Waals surface area (Å²) in [6.45, 7) is 0. The molecule has 3 nitrogen and oxygen atoms in total. The number of benzene rings is 2. The van der Waals surface area contributed by atoms with Crippen molar-refractivity contribution < 1.29 is 13.9 Å². The molecule has 0 unspecified atom stereocenters. The zero-order valence-electron chi connectivity index (χ0n) is 16.9. The molecule has 30 heavy (non-hydrogen) atoms. The smallest absolute Gasteiger partial charge is 0.338 e. The van der Waals surface area contributed by atoms with Gasteiger partial charge in [0.15, 0.2) is 0 Å². The zero-order chi connectivity index (χ0) is 20.9. The van der Waals surface area contributed by atoms with Crippen molar-refractivity contribution >= 4 is 17.7 Å². The quantitative estimate of drug-likeness (QED) is 0.444. The number of rotatable bonds is 6. The van der Waals surface area contributed by atoms with Crippen LogP contribution in [0.1, 0.15) is 52.2 Å². The van der Waals surface area contributed by atoms with Crippen molar-refractivity contribution in [3.8, 4) is 0 Å². The topological polar surface area (TPSA) is 39.2 Å². The van der Waals surface area contributed by atoms with E-state index in [0.717, 1.165) is 36.1 Å². The minimum absolute atomic E-state index is 0.211. The van der Waals surface area contributed by atoms with E-state index in [9.17, 15) is 9.18 Å². The monoisotopic (exact) mass is 421 g/mol. The second-order valence-electron chi connectivity index (χ2n) is 7.57. The summed E-state index contributed by atoms with van der Waals surface area (Å²) < 4.78 is 18.0. The Morgan fingerprint density at radius 2 is 1.97 bits per heavy atom. The van der Waals surface area contributed by atoms with E-state index >= 15 is 0 Å². The number of carbonyl (C=O) groups is 1. The van der Waals surface area contributed by atoms with Gasteiger partial charge in [0.1, 0.15) is 5.82 Å². The van der Waals surface area contributed by atoms with Crippen molar-refractivity contribution in [3.05, 3.63) is 89.0 Å². The van der Waals surface area contributed by atoms with Gasteiger partial charge < -0.3 is 4.74 Å². The van der Waals surface area contributed by atoms with Crippen molar-refractivity contribution in [2.75, 3.05) is 7.11 Å². The van der Waals surface area contributed by atoms with E-state index in [1.165, 1.54) is 41.7 Å². The number of ether oxygens (including phenoxy) is 1. The Morgan fingerprint density at radius 3 is 2.77 bits per heavy atom. The summed E-state index contributed by atoms with van der Waals surface area (Å²) in [4.78, 5) is 18.4. The number of pyridine rings is 1. The van der Waals surface area contributed by atoms with Gasteiger partial charge in [-0.1, -0.05) is 17.8 Å². The highest BCUT2D eigenvalue weighted by molar-refractivity contribution is 7.99. The summed E-state index contributed by atoms with van der Waals surface area (Å²) in [5, 5.41) is 0. The number of nitrogens with zero attached hydrogens (tertiary/aromatic N) is 1. The molecule has 1 aromatic heterocycles. The number of fused-ring (bicyclic) bond motifs is 1. The van der Waals surface area contributed by atoms with Crippen LogP contribution >= 0.6 is 11.8 Å². The van der Waals surface area contributed by atoms with E-state index in [0.29, 0.717) is 11.5 Å². The van der Waals surface area contributed by atoms with Crippen LogP contribution in [-0.2, 0) is 17.6 Å². The summed E-state index contributed by atoms with van der Waals surface area (Å²) in [5.74, 6) is -0.0418. The summed E-state index contributed by atoms with van der Waals surface area (Å²) in [7, 11) is 1.41. The molecule has 0 amide bonds. The predicted octanol–water partition coefficient (Wildman–Crippen LogP) is 6.21. The van der Waals surface area contributed by atoms with E-state index < -0.39 is 0 Å². The van der Waals surface area contributed by atoms with Crippen LogP contribution in [0.3, 0.4) is 0 Å². The van der Waals surface area contributed by atoms with Crippen molar-refractivity contribution in [1.29, 1.82) is 0 Å². The Balaban J connectivity index is 1.48. The van der Waals surface area contributed by atoms with Crippen LogP contribution in [-0.4, -0.2) is 18.1 Å². The summed E-state index contributed by atoms with van der Waals surface area (Å²) >= 11 is 1.66. The maximum atomic E-state index is 13.1. The second kappa shape index (κ2) is 9.43. The molecule has 1 atom stereocenters. The van der Waals surface area contributed by atoms with Crippen LogP contribution in [0, 0.1) is 5.82 Å². The van der Waals surface area contributed by atoms with Gasteiger partial charge in [-0.15, -0.1) is 0 Å². The molecule has 5 heteroatoms. The minimum atomic E-state index is -0.307. The molecule has 154 valence electrons. The van der Waals surface area contributed by atoms with Crippen LogP contribution in [0.25, 0.3) is 0 Å². The summed E-state index contributed by atoms with van der Waals surface area (Å²) in [6, 6.07) is 15.0. The normalized spacial score (nSPS) is 15.5. The van der Waals surface area contributed by atoms with Crippen LogP contribution in [0.15, 0.2) is 70.7 Å². The van der Waals surface area contributed by atoms with Crippen molar-refractivity contribution in [3.63, 3.8) is 0 Å². The Bertz CT molecular complexity index is 1040. The van der Waals surface area contributed by atoms with Gasteiger partial charge in [0, 0.05) is 22.2 Å². The van der Waals surface area contributed by atoms with Gasteiger partial charge in [-0.3, -0.25) is 4.98 Å². The zero-order valence-corrected chi connectivity index (χ0v) is 17.8. The molecule has 0 fully saturated rings. The lowest BCUT2D eigenvalue weighted by molar-refractivity contribution is 0.0599. The number of carbonyl (C=O) groups excluding carboxylic acids is 1. The average molecular weight is 422 g/mol. The second-order valence-corrected chi connectivity index (χ2v) is 8.72. The lowest BCUT2D eigenvalue weighted by Crippen LogP contribution is -2.12. The minimum Gasteiger partial charge on any atom is -0.465 e. The third-order valence-corrected chi connectivity index (χ3v) is 6.67. The Labute approximate surface area is 180 Å². The first kappa shape index (κ1) is 20.6. The van der Waals surface area contributed by atoms with Crippen molar-refractivity contribution in [1.82, 2.24) is 4.98 Å². The highest BCUT2D eigenvalue weighted by atomic mass is 32.2. The molecule has 1 aliphatic carbocycles. The molecule has 3 aromatic rings. The number of aryl methyl sites for hydroxylation is 2. The number of aromatic nitrogens is 1. The van der Waals surface area contributed by atoms with Gasteiger partial charge in [-0.25, -0.2) is 9.18 Å². The molecule has 1 aliphatic rings. The SMILES string of the molecule is COC(=O)c1ccncc1CC[C@@H]1CCCc2cc(Sc3ccc(F)cc3)ccc21. The molecule has 0 saturated carbocycles. The summed E-state index contributed by atoms with van der Waals surface area (Å²) in [5.41, 5.74) is 4.36. The number of methoxy groups -OCH3 is 1. The van der Waals surface area contributed by atoms with Crippen LogP contribution < -0.4 is 0 Å². The number of esters is 1. The maximum Gasteiger partial charge on any atom is 0.338 e. The van der Waals surface area contributed by atoms with Gasteiger partial charge >= 0.3 is 5.97 Å². The first-order chi connectivity index (χ1) is 14.6. The average Bonchev–Trinajstić information content (AvgIpc) is 2.78. The van der Waals surface area contributed by atoms with Gasteiger partial charge in [0.2, 0.25) is 0 Å². The van der Waals surface area contributed by atoms with Crippen LogP contribution in [0.2, 0.25) is 0 Å². The van der Waals surface area contributed by atoms with Gasteiger partial charge in [0.05, 0.1) is 12.7 Å². The maximum absolute atomic E-state index is 13.1. The number of hydrogen-bond acceptors (Lipinski definition) is 4. The van der Waals surface area contributed by atoms with E-state index in [4.69, 9.17) is 4.74 Å². The molecule has 0 saturated heterocycles. The van der Waals surface area contributed by atoms with Gasteiger partial charge in [-0.2, -0.15) is 0 Å². The fourth-order valence-corrected chi connectivity index (χ4v) is 5.04. The van der Waals surface area contributed by atoms with E-state index in [2.05, 4.69) is 23.2 Å². The van der Waals surface area contributed by atoms with Gasteiger partial charge in [-0.05, 0) is 97.2 Å². The highest BCUT2D eigenvalue weighted by Crippen LogP contribution is 2.38. The molecule has 0 bridgehead atoms. The van der Waals surface area contributed by atoms with E-state index in [-0.39, 0.29) is 11.8 Å². The molecular formula is C25H24FNO2S. The molecule has 1 heterocycles. The molecule has 2 aromatic carbocycles. The molecule has 0 spiro atoms. The van der Waals surface area contributed by atoms with Crippen LogP contribution in [0.4, 0.5) is 4.39 Å². The molecular weight excluding hydrogens is 397 g/mol. The number of halogens is 1. The predicted molar refractivity (Wildman–Crippen MR) is 117 cm³/mol. The lowest BCUT2D eigenvalue weighted by Gasteiger charge is -2.26. The Hall–Kier alpha value is -2.66. The van der Waals surface area contributed by atoms with Crippen molar-refractivity contribution in [2.45, 2.75) is 47.8 Å². The Morgan fingerprint density at radius 1 is 1.17 bits per heavy atom. The van der Waals surface area contributed by atoms with E-state index in [1.807, 2.05) is 12.1 Å². The largest absolute Gasteiger partial charge is 0.465 e. The Kier molecular flexibility index (Phi) is 6.48. The molecule has 4 rings (SSSR count). The fraction of sp³-hybridized carbons (Fsp3) is 0.280.